The molecule has 0 rings (SSSR count). The largest absolute Gasteiger partial charge is 0.422 e. The van der Waals surface area contributed by atoms with E-state index in [0.29, 0.717) is 0 Å². The molecule has 0 aromatic rings. The summed E-state index contributed by atoms with van der Waals surface area (Å²) < 4.78 is 6.65. The zero-order valence-electron chi connectivity index (χ0n) is 41.0. The Kier molecular flexibility index (Phi) is 50.7. The molecule has 0 aromatic carbocycles. The van der Waals surface area contributed by atoms with E-state index in [1.807, 2.05) is 0 Å². The molecule has 2 heteroatoms. The fourth-order valence-corrected chi connectivity index (χ4v) is 10.3. The molecular formula is C55H114OSi. The average Bonchev–Trinajstić information content (AvgIpc) is 3.22. The molecule has 1 nitrogen and oxygen atoms in total. The first-order valence-electron chi connectivity index (χ1n) is 27.8. The molecule has 0 unspecified atom stereocenters. The zero-order valence-corrected chi connectivity index (χ0v) is 43.0. The Morgan fingerprint density at radius 1 is 0.211 bits per heavy atom. The summed E-state index contributed by atoms with van der Waals surface area (Å²) in [4.78, 5) is 0. The molecule has 0 radical (unpaired) electrons. The summed E-state index contributed by atoms with van der Waals surface area (Å²) >= 11 is 0. The van der Waals surface area contributed by atoms with Crippen molar-refractivity contribution >= 4 is 10.5 Å². The second-order valence-electron chi connectivity index (χ2n) is 19.5. The first kappa shape index (κ1) is 57.2. The molecule has 0 fully saturated rings. The van der Waals surface area contributed by atoms with Crippen molar-refractivity contribution < 1.29 is 4.43 Å². The Balaban J connectivity index is 4.19. The fraction of sp³-hybridized carbons (Fsp3) is 1.00. The van der Waals surface area contributed by atoms with E-state index in [1.165, 1.54) is 327 Å². The third-order valence-corrected chi connectivity index (χ3v) is 14.8. The highest BCUT2D eigenvalue weighted by Crippen LogP contribution is 2.32. The van der Waals surface area contributed by atoms with E-state index >= 15 is 0 Å². The van der Waals surface area contributed by atoms with Crippen LogP contribution >= 0.6 is 0 Å². The van der Waals surface area contributed by atoms with Crippen LogP contribution in [0.1, 0.15) is 348 Å². The van der Waals surface area contributed by atoms with E-state index in [0.717, 1.165) is 10.5 Å². The van der Waals surface area contributed by atoms with Gasteiger partial charge in [0.1, 0.15) is 10.5 Å². The van der Waals surface area contributed by atoms with Gasteiger partial charge in [-0.2, -0.15) is 0 Å². The third-order valence-electron chi connectivity index (χ3n) is 13.9. The minimum Gasteiger partial charge on any atom is -0.422 e. The monoisotopic (exact) mass is 819 g/mol. The molecule has 0 N–H and O–H groups in total. The second-order valence-corrected chi connectivity index (χ2v) is 20.0. The normalized spacial score (nSPS) is 12.1. The van der Waals surface area contributed by atoms with Crippen LogP contribution in [0.2, 0.25) is 0 Å². The Hall–Kier alpha value is 0.177. The van der Waals surface area contributed by atoms with Gasteiger partial charge in [0.2, 0.25) is 0 Å². The lowest BCUT2D eigenvalue weighted by Gasteiger charge is -2.34. The molecule has 0 saturated carbocycles. The molecule has 57 heavy (non-hydrogen) atoms. The summed E-state index contributed by atoms with van der Waals surface area (Å²) in [6, 6.07) is 0. The Bertz CT molecular complexity index is 604. The zero-order chi connectivity index (χ0) is 41.3. The third kappa shape index (κ3) is 45.5. The van der Waals surface area contributed by atoms with Gasteiger partial charge in [-0.05, 0) is 19.3 Å². The van der Waals surface area contributed by atoms with E-state index in [4.69, 9.17) is 4.43 Å². The van der Waals surface area contributed by atoms with Crippen LogP contribution in [-0.2, 0) is 4.43 Å². The van der Waals surface area contributed by atoms with Crippen LogP contribution in [0.25, 0.3) is 0 Å². The molecule has 0 amide bonds. The van der Waals surface area contributed by atoms with E-state index in [1.54, 1.807) is 0 Å². The maximum absolute atomic E-state index is 6.65. The molecule has 0 aliphatic rings. The minimum absolute atomic E-state index is 0.216. The van der Waals surface area contributed by atoms with Gasteiger partial charge in [0.25, 0.3) is 0 Å². The Morgan fingerprint density at radius 3 is 0.456 bits per heavy atom. The van der Waals surface area contributed by atoms with Crippen molar-refractivity contribution in [1.29, 1.82) is 0 Å². The lowest BCUT2D eigenvalue weighted by atomic mass is 9.85. The minimum atomic E-state index is 0.216. The van der Waals surface area contributed by atoms with Crippen LogP contribution in [0.4, 0.5) is 0 Å². The predicted octanol–water partition coefficient (Wildman–Crippen LogP) is 20.0. The molecule has 0 atom stereocenters. The molecule has 0 spiro atoms. The van der Waals surface area contributed by atoms with E-state index < -0.39 is 0 Å². The van der Waals surface area contributed by atoms with Gasteiger partial charge in [0.15, 0.2) is 0 Å². The van der Waals surface area contributed by atoms with Crippen molar-refractivity contribution in [2.75, 3.05) is 0 Å². The first-order valence-corrected chi connectivity index (χ1v) is 28.6. The number of rotatable bonds is 52. The molecule has 0 aliphatic heterocycles. The summed E-state index contributed by atoms with van der Waals surface area (Å²) in [6.07, 6.45) is 74.0. The lowest BCUT2D eigenvalue weighted by molar-refractivity contribution is 0.0422. The average molecular weight is 820 g/mol. The maximum atomic E-state index is 6.65. The molecular weight excluding hydrogens is 705 g/mol. The van der Waals surface area contributed by atoms with Crippen LogP contribution in [0.15, 0.2) is 0 Å². The van der Waals surface area contributed by atoms with Gasteiger partial charge >= 0.3 is 0 Å². The van der Waals surface area contributed by atoms with Gasteiger partial charge in [0.05, 0.1) is 5.60 Å². The van der Waals surface area contributed by atoms with Crippen LogP contribution in [-0.4, -0.2) is 16.1 Å². The van der Waals surface area contributed by atoms with E-state index in [-0.39, 0.29) is 5.60 Å². The van der Waals surface area contributed by atoms with Crippen molar-refractivity contribution in [2.45, 2.75) is 354 Å². The molecule has 0 heterocycles. The highest BCUT2D eigenvalue weighted by atomic mass is 28.2. The second kappa shape index (κ2) is 50.5. The molecule has 344 valence electrons. The molecule has 0 aliphatic carbocycles. The molecule has 0 bridgehead atoms. The van der Waals surface area contributed by atoms with Gasteiger partial charge in [0, 0.05) is 0 Å². The smallest absolute Gasteiger partial charge is 0.146 e. The van der Waals surface area contributed by atoms with E-state index in [9.17, 15) is 0 Å². The van der Waals surface area contributed by atoms with Crippen molar-refractivity contribution in [2.24, 2.45) is 0 Å². The molecule has 0 aromatic heterocycles. The van der Waals surface area contributed by atoms with Gasteiger partial charge in [-0.25, -0.2) is 0 Å². The standard InChI is InChI=1S/C55H114OSi/c1-4-7-10-13-16-19-22-25-28-31-34-37-40-43-46-49-52-55(56-57,53-50-47-44-41-38-35-32-29-26-23-20-17-14-11-8-5-2)54-51-48-45-42-39-36-33-30-27-24-21-18-15-12-9-6-3/h4-54H2,1-3,57H3. The van der Waals surface area contributed by atoms with Crippen molar-refractivity contribution in [3.8, 4) is 0 Å². The lowest BCUT2D eigenvalue weighted by Crippen LogP contribution is -2.32. The van der Waals surface area contributed by atoms with Crippen molar-refractivity contribution in [3.63, 3.8) is 0 Å². The Labute approximate surface area is 367 Å². The summed E-state index contributed by atoms with van der Waals surface area (Å²) in [5.41, 5.74) is 0.216. The number of hydrogen-bond acceptors (Lipinski definition) is 1. The van der Waals surface area contributed by atoms with Crippen molar-refractivity contribution in [3.05, 3.63) is 0 Å². The van der Waals surface area contributed by atoms with Crippen LogP contribution in [0.3, 0.4) is 0 Å². The Morgan fingerprint density at radius 2 is 0.333 bits per heavy atom. The van der Waals surface area contributed by atoms with Crippen LogP contribution in [0.5, 0.6) is 0 Å². The quantitative estimate of drug-likeness (QED) is 0.0439. The predicted molar refractivity (Wildman–Crippen MR) is 266 cm³/mol. The first-order chi connectivity index (χ1) is 28.2. The SMILES string of the molecule is CCCCCCCCCCCCCCCCCCC(CCCCCCCCCCCCCCCCCC)(CCCCCCCCCCCCCCCCCC)O[SiH3]. The van der Waals surface area contributed by atoms with Gasteiger partial charge in [-0.15, -0.1) is 0 Å². The van der Waals surface area contributed by atoms with Gasteiger partial charge in [-0.1, -0.05) is 329 Å². The number of unbranched alkanes of at least 4 members (excludes halogenated alkanes) is 45. The van der Waals surface area contributed by atoms with Gasteiger partial charge < -0.3 is 4.43 Å². The highest BCUT2D eigenvalue weighted by molar-refractivity contribution is 5.98. The topological polar surface area (TPSA) is 9.23 Å². The van der Waals surface area contributed by atoms with Crippen LogP contribution < -0.4 is 0 Å². The maximum Gasteiger partial charge on any atom is 0.146 e. The van der Waals surface area contributed by atoms with Crippen LogP contribution in [0, 0.1) is 0 Å². The summed E-state index contributed by atoms with van der Waals surface area (Å²) in [5, 5.41) is 0. The number of hydrogen-bond donors (Lipinski definition) is 0. The van der Waals surface area contributed by atoms with Gasteiger partial charge in [-0.3, -0.25) is 0 Å². The summed E-state index contributed by atoms with van der Waals surface area (Å²) in [6.45, 7) is 6.96. The van der Waals surface area contributed by atoms with E-state index in [2.05, 4.69) is 20.8 Å². The fourth-order valence-electron chi connectivity index (χ4n) is 9.67. The van der Waals surface area contributed by atoms with Crippen molar-refractivity contribution in [1.82, 2.24) is 0 Å². The highest BCUT2D eigenvalue weighted by Gasteiger charge is 2.27. The summed E-state index contributed by atoms with van der Waals surface area (Å²) in [7, 11) is 0.909. The molecule has 0 saturated heterocycles. The summed E-state index contributed by atoms with van der Waals surface area (Å²) in [5.74, 6) is 0.